The maximum atomic E-state index is 11.9. The predicted octanol–water partition coefficient (Wildman–Crippen LogP) is 4.51. The van der Waals surface area contributed by atoms with E-state index in [2.05, 4.69) is 32.6 Å². The van der Waals surface area contributed by atoms with Gasteiger partial charge in [0.25, 0.3) is 0 Å². The summed E-state index contributed by atoms with van der Waals surface area (Å²) >= 11 is 3.44. The van der Waals surface area contributed by atoms with Crippen molar-refractivity contribution in [1.82, 2.24) is 0 Å². The van der Waals surface area contributed by atoms with Gasteiger partial charge in [-0.15, -0.1) is 0 Å². The third kappa shape index (κ3) is 4.60. The summed E-state index contributed by atoms with van der Waals surface area (Å²) in [7, 11) is 0. The van der Waals surface area contributed by atoms with E-state index in [1.165, 1.54) is 0 Å². The van der Waals surface area contributed by atoms with Crippen LogP contribution in [0, 0.1) is 13.8 Å². The first-order valence-corrected chi connectivity index (χ1v) is 7.71. The van der Waals surface area contributed by atoms with E-state index in [1.807, 2.05) is 50.2 Å². The van der Waals surface area contributed by atoms with Gasteiger partial charge in [-0.1, -0.05) is 34.1 Å². The highest BCUT2D eigenvalue weighted by Gasteiger charge is 2.05. The van der Waals surface area contributed by atoms with E-state index < -0.39 is 0 Å². The maximum Gasteiger partial charge on any atom is 0.226 e. The van der Waals surface area contributed by atoms with E-state index in [1.54, 1.807) is 0 Å². The number of nitrogens with one attached hydrogen (secondary N) is 2. The van der Waals surface area contributed by atoms with Crippen molar-refractivity contribution >= 4 is 33.2 Å². The molecule has 2 aromatic carbocycles. The summed E-state index contributed by atoms with van der Waals surface area (Å²) in [5, 5.41) is 6.22. The lowest BCUT2D eigenvalue weighted by atomic mass is 10.2. The molecule has 0 aliphatic rings. The van der Waals surface area contributed by atoms with Crippen LogP contribution in [0.4, 0.5) is 11.4 Å². The molecular formula is C17H19BrN2O. The Balaban J connectivity index is 1.83. The number of para-hydroxylation sites is 1. The number of carbonyl (C=O) groups excluding carboxylic acids is 1. The molecule has 4 heteroatoms. The molecule has 0 radical (unpaired) electrons. The summed E-state index contributed by atoms with van der Waals surface area (Å²) in [4.78, 5) is 11.9. The Bertz CT molecular complexity index is 640. The second kappa shape index (κ2) is 7.27. The van der Waals surface area contributed by atoms with Crippen molar-refractivity contribution in [2.75, 3.05) is 17.2 Å². The first kappa shape index (κ1) is 15.6. The maximum absolute atomic E-state index is 11.9. The Morgan fingerprint density at radius 2 is 1.81 bits per heavy atom. The number of halogens is 1. The van der Waals surface area contributed by atoms with Gasteiger partial charge in [0, 0.05) is 28.8 Å². The average molecular weight is 347 g/mol. The quantitative estimate of drug-likeness (QED) is 0.836. The van der Waals surface area contributed by atoms with E-state index in [4.69, 9.17) is 0 Å². The standard InChI is InChI=1S/C17H19BrN2O/c1-12-5-3-4-6-16(12)20-17(21)9-10-19-15-8-7-14(18)11-13(15)2/h3-8,11,19H,9-10H2,1-2H3,(H,20,21). The van der Waals surface area contributed by atoms with Gasteiger partial charge in [0.15, 0.2) is 0 Å². The Morgan fingerprint density at radius 3 is 2.52 bits per heavy atom. The van der Waals surface area contributed by atoms with Crippen LogP contribution in [0.3, 0.4) is 0 Å². The second-order valence-electron chi connectivity index (χ2n) is 5.00. The fraction of sp³-hybridized carbons (Fsp3) is 0.235. The second-order valence-corrected chi connectivity index (χ2v) is 5.91. The molecule has 0 aliphatic carbocycles. The van der Waals surface area contributed by atoms with Crippen LogP contribution in [0.15, 0.2) is 46.9 Å². The summed E-state index contributed by atoms with van der Waals surface area (Å²) < 4.78 is 1.06. The van der Waals surface area contributed by atoms with Crippen LogP contribution < -0.4 is 10.6 Å². The van der Waals surface area contributed by atoms with Gasteiger partial charge < -0.3 is 10.6 Å². The van der Waals surface area contributed by atoms with Gasteiger partial charge in [-0.3, -0.25) is 4.79 Å². The monoisotopic (exact) mass is 346 g/mol. The van der Waals surface area contributed by atoms with Crippen LogP contribution >= 0.6 is 15.9 Å². The summed E-state index contributed by atoms with van der Waals surface area (Å²) in [5.74, 6) is 0.0200. The lowest BCUT2D eigenvalue weighted by molar-refractivity contribution is -0.115. The molecule has 2 N–H and O–H groups in total. The third-order valence-corrected chi connectivity index (χ3v) is 3.77. The van der Waals surface area contributed by atoms with Gasteiger partial charge in [0.05, 0.1) is 0 Å². The van der Waals surface area contributed by atoms with Gasteiger partial charge in [-0.05, 0) is 49.2 Å². The molecule has 0 saturated carbocycles. The number of benzene rings is 2. The minimum Gasteiger partial charge on any atom is -0.384 e. The van der Waals surface area contributed by atoms with Crippen molar-refractivity contribution in [2.45, 2.75) is 20.3 Å². The normalized spacial score (nSPS) is 10.2. The molecule has 2 rings (SSSR count). The van der Waals surface area contributed by atoms with Crippen LogP contribution in [-0.2, 0) is 4.79 Å². The van der Waals surface area contributed by atoms with Crippen LogP contribution in [0.2, 0.25) is 0 Å². The number of amides is 1. The fourth-order valence-electron chi connectivity index (χ4n) is 2.06. The molecule has 2 aromatic rings. The van der Waals surface area contributed by atoms with Crippen LogP contribution in [0.5, 0.6) is 0 Å². The van der Waals surface area contributed by atoms with Gasteiger partial charge in [0.1, 0.15) is 0 Å². The lowest BCUT2D eigenvalue weighted by Gasteiger charge is -2.11. The van der Waals surface area contributed by atoms with Crippen molar-refractivity contribution in [2.24, 2.45) is 0 Å². The number of carbonyl (C=O) groups is 1. The molecule has 0 heterocycles. The molecule has 0 saturated heterocycles. The minimum atomic E-state index is 0.0200. The van der Waals surface area contributed by atoms with E-state index >= 15 is 0 Å². The van der Waals surface area contributed by atoms with Crippen molar-refractivity contribution < 1.29 is 4.79 Å². The topological polar surface area (TPSA) is 41.1 Å². The average Bonchev–Trinajstić information content (AvgIpc) is 2.44. The van der Waals surface area contributed by atoms with E-state index in [9.17, 15) is 4.79 Å². The predicted molar refractivity (Wildman–Crippen MR) is 91.8 cm³/mol. The Kier molecular flexibility index (Phi) is 5.39. The zero-order valence-electron chi connectivity index (χ0n) is 12.2. The molecular weight excluding hydrogens is 328 g/mol. The highest BCUT2D eigenvalue weighted by Crippen LogP contribution is 2.20. The molecule has 0 unspecified atom stereocenters. The third-order valence-electron chi connectivity index (χ3n) is 3.28. The summed E-state index contributed by atoms with van der Waals surface area (Å²) in [5.41, 5.74) is 4.16. The van der Waals surface area contributed by atoms with Gasteiger partial charge >= 0.3 is 0 Å². The van der Waals surface area contributed by atoms with Crippen LogP contribution in [-0.4, -0.2) is 12.5 Å². The number of hydrogen-bond donors (Lipinski definition) is 2. The lowest BCUT2D eigenvalue weighted by Crippen LogP contribution is -2.17. The molecule has 0 aliphatic heterocycles. The summed E-state index contributed by atoms with van der Waals surface area (Å²) in [6.07, 6.45) is 0.434. The molecule has 3 nitrogen and oxygen atoms in total. The molecule has 110 valence electrons. The van der Waals surface area contributed by atoms with Crippen LogP contribution in [0.1, 0.15) is 17.5 Å². The molecule has 21 heavy (non-hydrogen) atoms. The van der Waals surface area contributed by atoms with Crippen molar-refractivity contribution in [3.8, 4) is 0 Å². The number of aryl methyl sites for hydroxylation is 2. The SMILES string of the molecule is Cc1cc(Br)ccc1NCCC(=O)Nc1ccccc1C. The number of anilines is 2. The Morgan fingerprint density at radius 1 is 1.05 bits per heavy atom. The van der Waals surface area contributed by atoms with Gasteiger partial charge in [-0.25, -0.2) is 0 Å². The molecule has 1 amide bonds. The summed E-state index contributed by atoms with van der Waals surface area (Å²) in [6, 6.07) is 13.8. The molecule has 0 spiro atoms. The molecule has 0 atom stereocenters. The fourth-order valence-corrected chi connectivity index (χ4v) is 2.54. The van der Waals surface area contributed by atoms with Gasteiger partial charge in [0.2, 0.25) is 5.91 Å². The number of rotatable bonds is 5. The largest absolute Gasteiger partial charge is 0.384 e. The van der Waals surface area contributed by atoms with E-state index in [0.29, 0.717) is 13.0 Å². The minimum absolute atomic E-state index is 0.0200. The van der Waals surface area contributed by atoms with Crippen LogP contribution in [0.25, 0.3) is 0 Å². The zero-order chi connectivity index (χ0) is 15.2. The van der Waals surface area contributed by atoms with E-state index in [-0.39, 0.29) is 5.91 Å². The highest BCUT2D eigenvalue weighted by molar-refractivity contribution is 9.10. The number of hydrogen-bond acceptors (Lipinski definition) is 2. The zero-order valence-corrected chi connectivity index (χ0v) is 13.8. The van der Waals surface area contributed by atoms with Gasteiger partial charge in [-0.2, -0.15) is 0 Å². The van der Waals surface area contributed by atoms with E-state index in [0.717, 1.165) is 27.0 Å². The van der Waals surface area contributed by atoms with Crippen molar-refractivity contribution in [3.63, 3.8) is 0 Å². The highest BCUT2D eigenvalue weighted by atomic mass is 79.9. The molecule has 0 fully saturated rings. The molecule has 0 bridgehead atoms. The Labute approximate surface area is 133 Å². The first-order valence-electron chi connectivity index (χ1n) is 6.92. The smallest absolute Gasteiger partial charge is 0.226 e. The summed E-state index contributed by atoms with van der Waals surface area (Å²) in [6.45, 7) is 4.64. The van der Waals surface area contributed by atoms with Crippen molar-refractivity contribution in [3.05, 3.63) is 58.1 Å². The van der Waals surface area contributed by atoms with Crippen molar-refractivity contribution in [1.29, 1.82) is 0 Å². The first-order chi connectivity index (χ1) is 10.1. The molecule has 0 aromatic heterocycles. The Hall–Kier alpha value is -1.81.